The van der Waals surface area contributed by atoms with Gasteiger partial charge in [-0.15, -0.1) is 0 Å². The number of nitro benzene ring substituents is 2. The molecule has 1 amide bonds. The molecule has 34 heavy (non-hydrogen) atoms. The summed E-state index contributed by atoms with van der Waals surface area (Å²) in [4.78, 5) is 33.5. The number of aromatic nitrogens is 1. The summed E-state index contributed by atoms with van der Waals surface area (Å²) >= 11 is 0. The number of benzene rings is 2. The molecule has 3 rings (SSSR count). The van der Waals surface area contributed by atoms with Gasteiger partial charge in [-0.3, -0.25) is 25.0 Å². The van der Waals surface area contributed by atoms with E-state index in [0.29, 0.717) is 0 Å². The van der Waals surface area contributed by atoms with Gasteiger partial charge in [0.1, 0.15) is 0 Å². The van der Waals surface area contributed by atoms with E-state index in [9.17, 15) is 25.0 Å². The first kappa shape index (κ1) is 25.1. The first-order valence-electron chi connectivity index (χ1n) is 11.1. The normalized spacial score (nSPS) is 13.0. The second-order valence-corrected chi connectivity index (χ2v) is 15.2. The zero-order chi connectivity index (χ0) is 25.4. The fraction of sp³-hybridized carbons (Fsp3) is 0.375. The van der Waals surface area contributed by atoms with Crippen molar-refractivity contribution >= 4 is 36.4 Å². The average Bonchev–Trinajstić information content (AvgIpc) is 3.16. The second-order valence-electron chi connectivity index (χ2n) is 10.1. The fourth-order valence-electron chi connectivity index (χ4n) is 3.82. The zero-order valence-corrected chi connectivity index (χ0v) is 21.3. The Hall–Kier alpha value is -3.53. The summed E-state index contributed by atoms with van der Waals surface area (Å²) in [6.45, 7) is 13.7. The molecule has 0 aliphatic heterocycles. The number of carbonyl (C=O) groups excluding carboxylic acids is 1. The Bertz CT molecular complexity index is 1240. The lowest BCUT2D eigenvalue weighted by molar-refractivity contribution is -0.394. The van der Waals surface area contributed by atoms with E-state index in [-0.39, 0.29) is 23.1 Å². The van der Waals surface area contributed by atoms with Crippen molar-refractivity contribution in [2.75, 3.05) is 6.54 Å². The highest BCUT2D eigenvalue weighted by Gasteiger charge is 2.38. The Morgan fingerprint density at radius 1 is 1.06 bits per heavy atom. The number of carbonyl (C=O) groups is 1. The van der Waals surface area contributed by atoms with Gasteiger partial charge in [-0.1, -0.05) is 59.0 Å². The van der Waals surface area contributed by atoms with Gasteiger partial charge in [0, 0.05) is 35.5 Å². The van der Waals surface area contributed by atoms with Crippen LogP contribution in [-0.2, 0) is 0 Å². The largest absolute Gasteiger partial charge is 0.374 e. The maximum Gasteiger partial charge on any atom is 0.277 e. The van der Waals surface area contributed by atoms with Crippen LogP contribution in [0.4, 0.5) is 11.4 Å². The number of fused-ring (bicyclic) bond motifs is 1. The summed E-state index contributed by atoms with van der Waals surface area (Å²) in [5.41, 5.74) is 1.16. The summed E-state index contributed by atoms with van der Waals surface area (Å²) < 4.78 is 2.42. The van der Waals surface area contributed by atoms with Crippen molar-refractivity contribution in [3.63, 3.8) is 0 Å². The average molecular weight is 483 g/mol. The number of amides is 1. The van der Waals surface area contributed by atoms with Crippen LogP contribution in [0, 0.1) is 20.2 Å². The lowest BCUT2D eigenvalue weighted by Crippen LogP contribution is -2.44. The highest BCUT2D eigenvalue weighted by Crippen LogP contribution is 2.40. The Balaban J connectivity index is 1.90. The Kier molecular flexibility index (Phi) is 6.65. The molecule has 9 nitrogen and oxygen atoms in total. The first-order valence-corrected chi connectivity index (χ1v) is 14.0. The second kappa shape index (κ2) is 9.01. The minimum atomic E-state index is -1.90. The predicted octanol–water partition coefficient (Wildman–Crippen LogP) is 5.84. The predicted molar refractivity (Wildman–Crippen MR) is 135 cm³/mol. The van der Waals surface area contributed by atoms with Crippen molar-refractivity contribution in [2.45, 2.75) is 51.7 Å². The minimum Gasteiger partial charge on any atom is -0.374 e. The Labute approximate surface area is 199 Å². The quantitative estimate of drug-likeness (QED) is 0.257. The molecule has 0 radical (unpaired) electrons. The summed E-state index contributed by atoms with van der Waals surface area (Å²) in [5, 5.41) is 26.3. The molecule has 1 aromatic heterocycles. The molecule has 1 atom stereocenters. The van der Waals surface area contributed by atoms with Gasteiger partial charge >= 0.3 is 0 Å². The van der Waals surface area contributed by atoms with E-state index < -0.39 is 35.4 Å². The molecular weight excluding hydrogens is 452 g/mol. The van der Waals surface area contributed by atoms with Crippen molar-refractivity contribution in [1.82, 2.24) is 9.55 Å². The number of nitrogens with zero attached hydrogens (tertiary/aromatic N) is 3. The number of nitrogens with one attached hydrogen (secondary N) is 1. The van der Waals surface area contributed by atoms with Crippen molar-refractivity contribution in [1.29, 1.82) is 0 Å². The molecule has 1 N–H and O–H groups in total. The highest BCUT2D eigenvalue weighted by atomic mass is 28.3. The van der Waals surface area contributed by atoms with Crippen LogP contribution >= 0.6 is 0 Å². The van der Waals surface area contributed by atoms with Gasteiger partial charge in [-0.2, -0.15) is 0 Å². The molecule has 0 aliphatic carbocycles. The summed E-state index contributed by atoms with van der Waals surface area (Å²) in [5.74, 6) is -0.639. The van der Waals surface area contributed by atoms with Gasteiger partial charge in [0.15, 0.2) is 8.24 Å². The van der Waals surface area contributed by atoms with Crippen molar-refractivity contribution in [3.8, 4) is 0 Å². The number of non-ortho nitro benzene ring substituents is 2. The van der Waals surface area contributed by atoms with Crippen LogP contribution < -0.4 is 5.32 Å². The van der Waals surface area contributed by atoms with E-state index in [2.05, 4.69) is 61.7 Å². The van der Waals surface area contributed by atoms with Crippen LogP contribution in [0.5, 0.6) is 0 Å². The van der Waals surface area contributed by atoms with E-state index in [0.717, 1.165) is 34.7 Å². The van der Waals surface area contributed by atoms with Gasteiger partial charge in [0.05, 0.1) is 21.5 Å². The van der Waals surface area contributed by atoms with Crippen LogP contribution in [0.1, 0.15) is 49.5 Å². The molecular formula is C24H30N4O5Si. The molecule has 180 valence electrons. The molecule has 0 saturated heterocycles. The molecule has 0 bridgehead atoms. The lowest BCUT2D eigenvalue weighted by Gasteiger charge is -2.38. The Morgan fingerprint density at radius 2 is 1.62 bits per heavy atom. The molecule has 0 spiro atoms. The number of rotatable bonds is 7. The number of nitro groups is 2. The van der Waals surface area contributed by atoms with Crippen molar-refractivity contribution in [2.24, 2.45) is 0 Å². The highest BCUT2D eigenvalue weighted by molar-refractivity contribution is 6.79. The lowest BCUT2D eigenvalue weighted by atomic mass is 10.0. The van der Waals surface area contributed by atoms with Gasteiger partial charge < -0.3 is 9.55 Å². The van der Waals surface area contributed by atoms with Crippen LogP contribution in [0.2, 0.25) is 18.1 Å². The minimum absolute atomic E-state index is 0.0476. The monoisotopic (exact) mass is 482 g/mol. The summed E-state index contributed by atoms with van der Waals surface area (Å²) in [6, 6.07) is 11.2. The van der Waals surface area contributed by atoms with E-state index >= 15 is 0 Å². The molecule has 10 heteroatoms. The molecule has 0 aliphatic rings. The molecule has 0 unspecified atom stereocenters. The number of hydrogen-bond donors (Lipinski definition) is 1. The smallest absolute Gasteiger partial charge is 0.277 e. The third-order valence-electron chi connectivity index (χ3n) is 6.87. The maximum absolute atomic E-state index is 12.7. The van der Waals surface area contributed by atoms with Crippen LogP contribution in [0.3, 0.4) is 0 Å². The van der Waals surface area contributed by atoms with Crippen molar-refractivity contribution < 1.29 is 14.6 Å². The molecule has 0 saturated carbocycles. The summed E-state index contributed by atoms with van der Waals surface area (Å²) in [6.07, 6.45) is 2.19. The van der Waals surface area contributed by atoms with E-state index in [1.165, 1.54) is 0 Å². The van der Waals surface area contributed by atoms with E-state index in [4.69, 9.17) is 0 Å². The maximum atomic E-state index is 12.7. The van der Waals surface area contributed by atoms with Crippen LogP contribution in [-0.4, -0.2) is 34.8 Å². The van der Waals surface area contributed by atoms with Crippen LogP contribution in [0.25, 0.3) is 10.9 Å². The third kappa shape index (κ3) is 4.72. The standard InChI is InChI=1S/C24H30N4O5Si/c1-16(14-25-23(29)17-11-18(27(30)31)13-19(12-17)28(32)33)21-15-26(34(5,6)24(2,3)4)22-10-8-7-9-20(21)22/h7-13,15-16H,14H2,1-6H3,(H,25,29)/t16-/m1/s1. The van der Waals surface area contributed by atoms with E-state index in [1.807, 2.05) is 19.1 Å². The first-order chi connectivity index (χ1) is 15.7. The SMILES string of the molecule is C[C@H](CNC(=O)c1cc([N+](=O)[O-])cc([N+](=O)[O-])c1)c1cn([Si](C)(C)C(C)(C)C)c2ccccc12. The number of hydrogen-bond acceptors (Lipinski definition) is 5. The molecule has 1 heterocycles. The molecule has 0 fully saturated rings. The topological polar surface area (TPSA) is 120 Å². The van der Waals surface area contributed by atoms with Gasteiger partial charge in [-0.05, 0) is 22.9 Å². The number of para-hydroxylation sites is 1. The Morgan fingerprint density at radius 3 is 2.15 bits per heavy atom. The van der Waals surface area contributed by atoms with Gasteiger partial charge in [0.2, 0.25) is 0 Å². The summed E-state index contributed by atoms with van der Waals surface area (Å²) in [7, 11) is -1.90. The van der Waals surface area contributed by atoms with Gasteiger partial charge in [-0.25, -0.2) is 0 Å². The zero-order valence-electron chi connectivity index (χ0n) is 20.3. The van der Waals surface area contributed by atoms with Gasteiger partial charge in [0.25, 0.3) is 17.3 Å². The molecule has 3 aromatic rings. The van der Waals surface area contributed by atoms with E-state index in [1.54, 1.807) is 0 Å². The van der Waals surface area contributed by atoms with Crippen LogP contribution in [0.15, 0.2) is 48.7 Å². The third-order valence-corrected chi connectivity index (χ3v) is 12.1. The fourth-order valence-corrected chi connectivity index (χ4v) is 5.80. The molecule has 2 aromatic carbocycles. The van der Waals surface area contributed by atoms with Crippen molar-refractivity contribution in [3.05, 3.63) is 80.0 Å².